The average molecular weight is 288 g/mol. The molecule has 2 aromatic heterocycles. The summed E-state index contributed by atoms with van der Waals surface area (Å²) in [6, 6.07) is 4.05. The first-order valence-electron chi connectivity index (χ1n) is 5.58. The second-order valence-electron chi connectivity index (χ2n) is 3.74. The molecule has 0 aliphatic rings. The Morgan fingerprint density at radius 3 is 2.88 bits per heavy atom. The summed E-state index contributed by atoms with van der Waals surface area (Å²) in [6.07, 6.45) is 0.961. The number of carbonyl (C=O) groups excluding carboxylic acids is 1. The maximum absolute atomic E-state index is 12.3. The van der Waals surface area contributed by atoms with Crippen LogP contribution in [0.15, 0.2) is 17.5 Å². The zero-order valence-corrected chi connectivity index (χ0v) is 12.0. The average Bonchev–Trinajstić information content (AvgIpc) is 2.87. The number of rotatable bonds is 5. The lowest BCUT2D eigenvalue weighted by atomic mass is 10.3. The summed E-state index contributed by atoms with van der Waals surface area (Å²) >= 11 is 8.98. The van der Waals surface area contributed by atoms with Crippen LogP contribution in [-0.4, -0.2) is 29.8 Å². The number of nitrogens with zero attached hydrogens (tertiary/aromatic N) is 1. The molecule has 0 fully saturated rings. The van der Waals surface area contributed by atoms with Gasteiger partial charge in [0.1, 0.15) is 0 Å². The van der Waals surface area contributed by atoms with Crippen LogP contribution in [0.25, 0.3) is 9.40 Å². The Morgan fingerprint density at radius 1 is 1.41 bits per heavy atom. The van der Waals surface area contributed by atoms with Crippen molar-refractivity contribution >= 4 is 49.6 Å². The van der Waals surface area contributed by atoms with Gasteiger partial charge < -0.3 is 4.90 Å². The van der Waals surface area contributed by atoms with Crippen LogP contribution in [0.2, 0.25) is 0 Å². The fraction of sp³-hybridized carbons (Fsp3) is 0.417. The molecule has 2 rings (SSSR count). The van der Waals surface area contributed by atoms with E-state index >= 15 is 0 Å². The van der Waals surface area contributed by atoms with Crippen molar-refractivity contribution in [3.05, 3.63) is 22.4 Å². The van der Waals surface area contributed by atoms with E-state index in [0.717, 1.165) is 17.8 Å². The number of carbonyl (C=O) groups is 1. The summed E-state index contributed by atoms with van der Waals surface area (Å²) < 4.78 is 2.39. The third kappa shape index (κ3) is 2.81. The lowest BCUT2D eigenvalue weighted by Gasteiger charge is -2.19. The van der Waals surface area contributed by atoms with Gasteiger partial charge in [-0.2, -0.15) is 0 Å². The molecule has 0 aliphatic carbocycles. The molecule has 0 unspecified atom stereocenters. The first-order valence-corrected chi connectivity index (χ1v) is 7.81. The van der Waals surface area contributed by atoms with E-state index in [1.807, 2.05) is 11.0 Å². The smallest absolute Gasteiger partial charge is 0.264 e. The molecule has 17 heavy (non-hydrogen) atoms. The molecular formula is C12H14ClNOS2. The standard InChI is InChI=1S/C12H14ClNOS2/c1-2-5-14(6-4-13)12(15)11-8-10-9(17-11)3-7-16-10/h3,7-8H,2,4-6H2,1H3. The van der Waals surface area contributed by atoms with E-state index in [1.165, 1.54) is 9.40 Å². The molecule has 92 valence electrons. The number of thiophene rings is 2. The minimum Gasteiger partial charge on any atom is -0.337 e. The number of hydrogen-bond donors (Lipinski definition) is 0. The Morgan fingerprint density at radius 2 is 2.24 bits per heavy atom. The fourth-order valence-corrected chi connectivity index (χ4v) is 3.99. The van der Waals surface area contributed by atoms with Crippen LogP contribution in [-0.2, 0) is 0 Å². The Hall–Kier alpha value is -0.580. The van der Waals surface area contributed by atoms with Gasteiger partial charge in [0.05, 0.1) is 4.88 Å². The highest BCUT2D eigenvalue weighted by Gasteiger charge is 2.17. The molecule has 0 aliphatic heterocycles. The quantitative estimate of drug-likeness (QED) is 0.760. The van der Waals surface area contributed by atoms with Gasteiger partial charge in [-0.25, -0.2) is 0 Å². The predicted octanol–water partition coefficient (Wildman–Crippen LogP) is 4.05. The van der Waals surface area contributed by atoms with Gasteiger partial charge in [0.25, 0.3) is 5.91 Å². The molecule has 0 spiro atoms. The van der Waals surface area contributed by atoms with E-state index in [-0.39, 0.29) is 5.91 Å². The lowest BCUT2D eigenvalue weighted by Crippen LogP contribution is -2.32. The number of fused-ring (bicyclic) bond motifs is 1. The van der Waals surface area contributed by atoms with Gasteiger partial charge in [0, 0.05) is 28.4 Å². The molecule has 2 heterocycles. The Balaban J connectivity index is 2.19. The van der Waals surface area contributed by atoms with Crippen molar-refractivity contribution in [3.63, 3.8) is 0 Å². The maximum atomic E-state index is 12.3. The summed E-state index contributed by atoms with van der Waals surface area (Å²) in [6.45, 7) is 3.47. The molecule has 2 nitrogen and oxygen atoms in total. The van der Waals surface area contributed by atoms with E-state index in [0.29, 0.717) is 12.4 Å². The Kier molecular flexibility index (Phi) is 4.42. The Labute approximate surface area is 114 Å². The first kappa shape index (κ1) is 12.9. The molecule has 2 aromatic rings. The predicted molar refractivity (Wildman–Crippen MR) is 76.6 cm³/mol. The molecular weight excluding hydrogens is 274 g/mol. The molecule has 0 aromatic carbocycles. The summed E-state index contributed by atoms with van der Waals surface area (Å²) in [7, 11) is 0. The van der Waals surface area contributed by atoms with Gasteiger partial charge in [0.2, 0.25) is 0 Å². The minimum atomic E-state index is 0.112. The van der Waals surface area contributed by atoms with Crippen LogP contribution >= 0.6 is 34.3 Å². The second-order valence-corrected chi connectivity index (χ2v) is 6.15. The van der Waals surface area contributed by atoms with Gasteiger partial charge in [-0.05, 0) is 23.9 Å². The van der Waals surface area contributed by atoms with E-state index in [2.05, 4.69) is 18.4 Å². The summed E-state index contributed by atoms with van der Waals surface area (Å²) in [5, 5.41) is 2.05. The number of amides is 1. The molecule has 0 radical (unpaired) electrons. The highest BCUT2D eigenvalue weighted by atomic mass is 35.5. The highest BCUT2D eigenvalue weighted by Crippen LogP contribution is 2.30. The maximum Gasteiger partial charge on any atom is 0.264 e. The van der Waals surface area contributed by atoms with Crippen LogP contribution in [0.4, 0.5) is 0 Å². The normalized spacial score (nSPS) is 10.9. The van der Waals surface area contributed by atoms with Crippen molar-refractivity contribution < 1.29 is 4.79 Å². The fourth-order valence-electron chi connectivity index (χ4n) is 1.71. The first-order chi connectivity index (χ1) is 8.26. The highest BCUT2D eigenvalue weighted by molar-refractivity contribution is 7.27. The number of halogens is 1. The van der Waals surface area contributed by atoms with Gasteiger partial charge in [-0.3, -0.25) is 4.79 Å². The van der Waals surface area contributed by atoms with Crippen molar-refractivity contribution in [2.45, 2.75) is 13.3 Å². The van der Waals surface area contributed by atoms with Crippen molar-refractivity contribution in [1.29, 1.82) is 0 Å². The Bertz CT molecular complexity index is 471. The topological polar surface area (TPSA) is 20.3 Å². The molecule has 0 saturated carbocycles. The number of hydrogen-bond acceptors (Lipinski definition) is 3. The monoisotopic (exact) mass is 287 g/mol. The zero-order chi connectivity index (χ0) is 12.3. The number of alkyl halides is 1. The molecule has 5 heteroatoms. The molecule has 1 amide bonds. The van der Waals surface area contributed by atoms with E-state index in [1.54, 1.807) is 22.7 Å². The van der Waals surface area contributed by atoms with Crippen LogP contribution in [0.5, 0.6) is 0 Å². The van der Waals surface area contributed by atoms with Gasteiger partial charge in [-0.15, -0.1) is 34.3 Å². The molecule has 0 N–H and O–H groups in total. The van der Waals surface area contributed by atoms with Crippen LogP contribution < -0.4 is 0 Å². The van der Waals surface area contributed by atoms with Gasteiger partial charge in [-0.1, -0.05) is 6.92 Å². The van der Waals surface area contributed by atoms with E-state index in [4.69, 9.17) is 11.6 Å². The largest absolute Gasteiger partial charge is 0.337 e. The van der Waals surface area contributed by atoms with Crippen molar-refractivity contribution in [1.82, 2.24) is 4.90 Å². The summed E-state index contributed by atoms with van der Waals surface area (Å²) in [5.74, 6) is 0.603. The third-order valence-corrected chi connectivity index (χ3v) is 4.74. The van der Waals surface area contributed by atoms with Crippen molar-refractivity contribution in [2.75, 3.05) is 19.0 Å². The second kappa shape index (κ2) is 5.85. The third-order valence-electron chi connectivity index (χ3n) is 2.49. The SMILES string of the molecule is CCCN(CCCl)C(=O)c1cc2sccc2s1. The summed E-state index contributed by atoms with van der Waals surface area (Å²) in [5.41, 5.74) is 0. The van der Waals surface area contributed by atoms with Crippen molar-refractivity contribution in [2.24, 2.45) is 0 Å². The molecule has 0 saturated heterocycles. The molecule has 0 bridgehead atoms. The molecule has 0 atom stereocenters. The summed E-state index contributed by atoms with van der Waals surface area (Å²) in [4.78, 5) is 14.9. The van der Waals surface area contributed by atoms with Gasteiger partial charge >= 0.3 is 0 Å². The minimum absolute atomic E-state index is 0.112. The van der Waals surface area contributed by atoms with Crippen LogP contribution in [0.1, 0.15) is 23.0 Å². The van der Waals surface area contributed by atoms with E-state index in [9.17, 15) is 4.79 Å². The zero-order valence-electron chi connectivity index (χ0n) is 9.61. The van der Waals surface area contributed by atoms with Gasteiger partial charge in [0.15, 0.2) is 0 Å². The lowest BCUT2D eigenvalue weighted by molar-refractivity contribution is 0.0770. The van der Waals surface area contributed by atoms with E-state index < -0.39 is 0 Å². The van der Waals surface area contributed by atoms with Crippen LogP contribution in [0, 0.1) is 0 Å². The van der Waals surface area contributed by atoms with Crippen LogP contribution in [0.3, 0.4) is 0 Å². The van der Waals surface area contributed by atoms with Crippen molar-refractivity contribution in [3.8, 4) is 0 Å².